The van der Waals surface area contributed by atoms with E-state index in [9.17, 15) is 0 Å². The van der Waals surface area contributed by atoms with Crippen LogP contribution in [0.5, 0.6) is 0 Å². The number of hydrogen-bond acceptors (Lipinski definition) is 2. The van der Waals surface area contributed by atoms with Gasteiger partial charge in [-0.1, -0.05) is 210 Å². The Morgan fingerprint density at radius 2 is 1.40 bits per heavy atom. The Labute approximate surface area is 429 Å². The zero-order valence-electron chi connectivity index (χ0n) is 42.9. The third-order valence-electron chi connectivity index (χ3n) is 16.0. The van der Waals surface area contributed by atoms with E-state index >= 15 is 0 Å². The van der Waals surface area contributed by atoms with E-state index in [1.807, 2.05) is 0 Å². The number of benzene rings is 7. The first-order chi connectivity index (χ1) is 35.2. The summed E-state index contributed by atoms with van der Waals surface area (Å²) in [4.78, 5) is 5.12. The van der Waals surface area contributed by atoms with Gasteiger partial charge in [0.15, 0.2) is 0 Å². The summed E-state index contributed by atoms with van der Waals surface area (Å²) in [6.45, 7) is 16.8. The second-order valence-corrected chi connectivity index (χ2v) is 21.4. The van der Waals surface area contributed by atoms with Crippen molar-refractivity contribution in [2.24, 2.45) is 17.3 Å². The van der Waals surface area contributed by atoms with Crippen LogP contribution in [-0.2, 0) is 19.3 Å². The Balaban J connectivity index is 0.881. The number of allylic oxidation sites excluding steroid dienone is 9. The quantitative estimate of drug-likeness (QED) is 0.126. The summed E-state index contributed by atoms with van der Waals surface area (Å²) < 4.78 is 0. The maximum absolute atomic E-state index is 4.26. The van der Waals surface area contributed by atoms with Gasteiger partial charge >= 0.3 is 0 Å². The summed E-state index contributed by atoms with van der Waals surface area (Å²) in [6, 6.07) is 53.0. The fraction of sp³-hybridized carbons (Fsp3) is 0.229. The molecule has 7 aromatic rings. The van der Waals surface area contributed by atoms with Crippen LogP contribution in [0.15, 0.2) is 218 Å². The minimum absolute atomic E-state index is 0.0328. The van der Waals surface area contributed by atoms with E-state index in [4.69, 9.17) is 0 Å². The molecule has 0 amide bonds. The molecule has 0 spiro atoms. The van der Waals surface area contributed by atoms with E-state index in [2.05, 4.69) is 257 Å². The molecular formula is C70H68N2. The van der Waals surface area contributed by atoms with Crippen molar-refractivity contribution in [3.8, 4) is 11.1 Å². The van der Waals surface area contributed by atoms with Crippen molar-refractivity contribution >= 4 is 56.3 Å². The fourth-order valence-electron chi connectivity index (χ4n) is 12.8. The molecule has 2 unspecified atom stereocenters. The highest BCUT2D eigenvalue weighted by atomic mass is 15.2. The molecule has 4 aliphatic rings. The molecule has 0 N–H and O–H groups in total. The third-order valence-corrected chi connectivity index (χ3v) is 16.0. The van der Waals surface area contributed by atoms with E-state index in [1.54, 1.807) is 5.57 Å². The van der Waals surface area contributed by atoms with Gasteiger partial charge in [0.25, 0.3) is 0 Å². The second kappa shape index (κ2) is 20.0. The van der Waals surface area contributed by atoms with Gasteiger partial charge in [0.2, 0.25) is 0 Å². The predicted molar refractivity (Wildman–Crippen MR) is 312 cm³/mol. The van der Waals surface area contributed by atoms with Crippen molar-refractivity contribution in [2.45, 2.75) is 79.2 Å². The molecule has 2 aliphatic heterocycles. The molecule has 2 heterocycles. The number of anilines is 3. The molecule has 2 nitrogen and oxygen atoms in total. The number of fused-ring (bicyclic) bond motifs is 6. The van der Waals surface area contributed by atoms with Crippen molar-refractivity contribution in [1.82, 2.24) is 0 Å². The highest BCUT2D eigenvalue weighted by molar-refractivity contribution is 6.03. The van der Waals surface area contributed by atoms with Crippen LogP contribution in [0.1, 0.15) is 87.3 Å². The average Bonchev–Trinajstić information content (AvgIpc) is 3.78. The normalized spacial score (nSPS) is 18.8. The Bertz CT molecular complexity index is 3400. The lowest BCUT2D eigenvalue weighted by molar-refractivity contribution is 0.397. The number of aryl methyl sites for hydroxylation is 2. The zero-order chi connectivity index (χ0) is 49.3. The Morgan fingerprint density at radius 3 is 2.17 bits per heavy atom. The first-order valence-electron chi connectivity index (χ1n) is 26.5. The number of para-hydroxylation sites is 2. The van der Waals surface area contributed by atoms with Gasteiger partial charge in [-0.25, -0.2) is 0 Å². The highest BCUT2D eigenvalue weighted by Crippen LogP contribution is 2.47. The number of rotatable bonds is 10. The fourth-order valence-corrected chi connectivity index (χ4v) is 12.8. The van der Waals surface area contributed by atoms with E-state index in [1.165, 1.54) is 100.0 Å². The van der Waals surface area contributed by atoms with Gasteiger partial charge in [-0.15, -0.1) is 0 Å². The predicted octanol–water partition coefficient (Wildman–Crippen LogP) is 18.4. The molecule has 72 heavy (non-hydrogen) atoms. The Morgan fingerprint density at radius 1 is 0.681 bits per heavy atom. The lowest BCUT2D eigenvalue weighted by Crippen LogP contribution is -2.38. The third kappa shape index (κ3) is 8.98. The minimum atomic E-state index is 0.0328. The van der Waals surface area contributed by atoms with Crippen LogP contribution in [0.4, 0.5) is 17.1 Å². The van der Waals surface area contributed by atoms with Crippen LogP contribution in [0, 0.1) is 17.3 Å². The van der Waals surface area contributed by atoms with Crippen molar-refractivity contribution < 1.29 is 0 Å². The molecule has 0 saturated heterocycles. The maximum Gasteiger partial charge on any atom is 0.0446 e. The molecule has 358 valence electrons. The summed E-state index contributed by atoms with van der Waals surface area (Å²) in [5.74, 6) is 0.897. The van der Waals surface area contributed by atoms with Crippen molar-refractivity contribution in [2.75, 3.05) is 16.3 Å². The van der Waals surface area contributed by atoms with Gasteiger partial charge < -0.3 is 9.80 Å². The Kier molecular flexibility index (Phi) is 13.0. The van der Waals surface area contributed by atoms with Crippen LogP contribution in [0.25, 0.3) is 50.4 Å². The Hall–Kier alpha value is -7.42. The first kappa shape index (κ1) is 46.9. The lowest BCUT2D eigenvalue weighted by Gasteiger charge is -2.38. The molecule has 2 heteroatoms. The molecule has 0 aromatic heterocycles. The van der Waals surface area contributed by atoms with Crippen LogP contribution >= 0.6 is 0 Å². The summed E-state index contributed by atoms with van der Waals surface area (Å²) in [7, 11) is 0. The molecule has 2 atom stereocenters. The SMILES string of the molecule is C=CC1=C(C=CC)N(c2ccc3cc(-c4ccc(C=Cc5ccc6c(c5)CC(C)(C)C(C(C)C)=C6C=CCN5c6ccccc6CCc6ccccc65)c5ccccc45)ccc3c2)C2CC=CC=CC2CC1. The van der Waals surface area contributed by atoms with E-state index in [0.717, 1.165) is 45.1 Å². The molecular weight excluding hydrogens is 869 g/mol. The molecule has 0 saturated carbocycles. The summed E-state index contributed by atoms with van der Waals surface area (Å²) >= 11 is 0. The van der Waals surface area contributed by atoms with Crippen molar-refractivity contribution in [1.29, 1.82) is 0 Å². The molecule has 11 rings (SSSR count). The summed E-state index contributed by atoms with van der Waals surface area (Å²) in [5.41, 5.74) is 20.0. The van der Waals surface area contributed by atoms with Gasteiger partial charge in [-0.3, -0.25) is 0 Å². The first-order valence-corrected chi connectivity index (χ1v) is 26.5. The molecule has 2 aliphatic carbocycles. The van der Waals surface area contributed by atoms with Crippen LogP contribution < -0.4 is 9.80 Å². The monoisotopic (exact) mass is 937 g/mol. The number of nitrogens with zero attached hydrogens (tertiary/aromatic N) is 2. The van der Waals surface area contributed by atoms with Crippen LogP contribution in [0.3, 0.4) is 0 Å². The van der Waals surface area contributed by atoms with Gasteiger partial charge in [0.05, 0.1) is 0 Å². The van der Waals surface area contributed by atoms with E-state index in [-0.39, 0.29) is 5.41 Å². The minimum Gasteiger partial charge on any atom is -0.337 e. The standard InChI is InChI=1S/C70H68N2/c1-7-19-67-50(8-2)32-33-54-20-10-9-11-28-68(54)72(67)59-40-38-55-45-57(37-36-56(55)46-59)61-42-39-51(60-23-14-15-24-63(60)61)31-29-49-30-41-62-58(44-49)47-70(5,6)69(48(3)4)64(62)25-18-43-71-65-26-16-12-21-52(65)34-35-53-22-13-17-27-66(53)71/h7-27,29-31,36-42,44-46,48,54,68H,2,28,32-35,43,47H2,1,3-6H3. The van der Waals surface area contributed by atoms with E-state index in [0.29, 0.717) is 17.9 Å². The molecule has 0 fully saturated rings. The molecule has 0 bridgehead atoms. The van der Waals surface area contributed by atoms with Gasteiger partial charge in [0.1, 0.15) is 0 Å². The van der Waals surface area contributed by atoms with Crippen LogP contribution in [0.2, 0.25) is 0 Å². The van der Waals surface area contributed by atoms with Crippen LogP contribution in [-0.4, -0.2) is 12.6 Å². The van der Waals surface area contributed by atoms with Crippen molar-refractivity contribution in [3.05, 3.63) is 251 Å². The molecule has 7 aromatic carbocycles. The lowest BCUT2D eigenvalue weighted by atomic mass is 9.66. The maximum atomic E-state index is 4.26. The largest absolute Gasteiger partial charge is 0.337 e. The number of hydrogen-bond donors (Lipinski definition) is 0. The second-order valence-electron chi connectivity index (χ2n) is 21.4. The highest BCUT2D eigenvalue weighted by Gasteiger charge is 2.35. The topological polar surface area (TPSA) is 6.48 Å². The van der Waals surface area contributed by atoms with Gasteiger partial charge in [0, 0.05) is 35.3 Å². The summed E-state index contributed by atoms with van der Waals surface area (Å²) in [6.07, 6.45) is 31.5. The van der Waals surface area contributed by atoms with Crippen molar-refractivity contribution in [3.63, 3.8) is 0 Å². The average molecular weight is 937 g/mol. The van der Waals surface area contributed by atoms with E-state index < -0.39 is 0 Å². The summed E-state index contributed by atoms with van der Waals surface area (Å²) in [5, 5.41) is 5.02. The van der Waals surface area contributed by atoms with Gasteiger partial charge in [-0.2, -0.15) is 0 Å². The van der Waals surface area contributed by atoms with Gasteiger partial charge in [-0.05, 0) is 176 Å². The smallest absolute Gasteiger partial charge is 0.0446 e. The zero-order valence-corrected chi connectivity index (χ0v) is 42.9. The molecule has 0 radical (unpaired) electrons.